The Morgan fingerprint density at radius 3 is 2.47 bits per heavy atom. The van der Waals surface area contributed by atoms with Crippen molar-refractivity contribution >= 4 is 28.4 Å². The Morgan fingerprint density at radius 1 is 1.21 bits per heavy atom. The van der Waals surface area contributed by atoms with Crippen LogP contribution in [0.15, 0.2) is 0 Å². The predicted molar refractivity (Wildman–Crippen MR) is 87.6 cm³/mol. The number of aryl methyl sites for hydroxylation is 1. The Labute approximate surface area is 129 Å². The van der Waals surface area contributed by atoms with Crippen molar-refractivity contribution in [2.24, 2.45) is 0 Å². The molecular formula is C14H24IN3O. The third-order valence-electron chi connectivity index (χ3n) is 2.87. The lowest BCUT2D eigenvalue weighted by atomic mass is 10.1. The maximum Gasteiger partial charge on any atom is 0.159 e. The van der Waals surface area contributed by atoms with Crippen LogP contribution in [0.3, 0.4) is 0 Å². The fourth-order valence-electron chi connectivity index (χ4n) is 1.98. The fourth-order valence-corrected chi connectivity index (χ4v) is 2.76. The molecule has 1 aromatic heterocycles. The molecule has 0 saturated heterocycles. The molecule has 4 nitrogen and oxygen atoms in total. The first kappa shape index (κ1) is 16.6. The summed E-state index contributed by atoms with van der Waals surface area (Å²) in [6.07, 6.45) is 4.10. The lowest BCUT2D eigenvalue weighted by molar-refractivity contribution is 0.0493. The van der Waals surface area contributed by atoms with Crippen LogP contribution in [-0.4, -0.2) is 23.6 Å². The molecule has 0 spiro atoms. The highest BCUT2D eigenvalue weighted by molar-refractivity contribution is 14.1. The molecule has 5 heteroatoms. The van der Waals surface area contributed by atoms with Crippen LogP contribution in [0.5, 0.6) is 0 Å². The zero-order valence-corrected chi connectivity index (χ0v) is 14.5. The van der Waals surface area contributed by atoms with Gasteiger partial charge in [-0.05, 0) is 42.4 Å². The van der Waals surface area contributed by atoms with E-state index >= 15 is 0 Å². The summed E-state index contributed by atoms with van der Waals surface area (Å²) in [6, 6.07) is 0. The van der Waals surface area contributed by atoms with E-state index in [2.05, 4.69) is 46.7 Å². The maximum atomic E-state index is 5.79. The largest absolute Gasteiger partial charge is 0.372 e. The molecule has 0 radical (unpaired) electrons. The molecule has 1 atom stereocenters. The number of anilines is 1. The van der Waals surface area contributed by atoms with Gasteiger partial charge in [-0.15, -0.1) is 0 Å². The number of hydrogen-bond donors (Lipinski definition) is 1. The number of rotatable bonds is 8. The second-order valence-electron chi connectivity index (χ2n) is 4.42. The van der Waals surface area contributed by atoms with Crippen LogP contribution < -0.4 is 5.32 Å². The topological polar surface area (TPSA) is 47.0 Å². The zero-order valence-electron chi connectivity index (χ0n) is 12.3. The van der Waals surface area contributed by atoms with E-state index in [9.17, 15) is 0 Å². The van der Waals surface area contributed by atoms with Crippen molar-refractivity contribution < 1.29 is 4.74 Å². The molecule has 1 heterocycles. The van der Waals surface area contributed by atoms with Crippen molar-refractivity contribution in [3.8, 4) is 0 Å². The number of halogens is 1. The van der Waals surface area contributed by atoms with Crippen LogP contribution in [-0.2, 0) is 11.2 Å². The lowest BCUT2D eigenvalue weighted by Crippen LogP contribution is -2.13. The molecule has 0 amide bonds. The molecule has 0 saturated carbocycles. The highest BCUT2D eigenvalue weighted by Crippen LogP contribution is 2.26. The minimum atomic E-state index is 0.00899. The van der Waals surface area contributed by atoms with Gasteiger partial charge in [-0.1, -0.05) is 26.7 Å². The van der Waals surface area contributed by atoms with Crippen LogP contribution >= 0.6 is 22.6 Å². The van der Waals surface area contributed by atoms with E-state index in [-0.39, 0.29) is 6.10 Å². The van der Waals surface area contributed by atoms with Gasteiger partial charge in [-0.3, -0.25) is 0 Å². The van der Waals surface area contributed by atoms with Gasteiger partial charge in [0.15, 0.2) is 5.82 Å². The summed E-state index contributed by atoms with van der Waals surface area (Å²) in [6.45, 7) is 7.03. The quantitative estimate of drug-likeness (QED) is 0.697. The van der Waals surface area contributed by atoms with E-state index in [1.165, 1.54) is 0 Å². The molecule has 0 aliphatic heterocycles. The second kappa shape index (κ2) is 8.68. The van der Waals surface area contributed by atoms with Gasteiger partial charge in [0.05, 0.1) is 9.26 Å². The standard InChI is InChI=1S/C14H24IN3O/c1-5-8-10-12(15)14(16-4)18-13(17-10)11(9-6-2)19-7-3/h11H,5-9H2,1-4H3,(H,16,17,18). The maximum absolute atomic E-state index is 5.79. The summed E-state index contributed by atoms with van der Waals surface area (Å²) in [7, 11) is 1.90. The average Bonchev–Trinajstić information content (AvgIpc) is 2.41. The highest BCUT2D eigenvalue weighted by Gasteiger charge is 2.18. The van der Waals surface area contributed by atoms with Crippen molar-refractivity contribution in [3.05, 3.63) is 15.1 Å². The van der Waals surface area contributed by atoms with Gasteiger partial charge in [0.25, 0.3) is 0 Å². The molecule has 1 rings (SSSR count). The molecule has 1 N–H and O–H groups in total. The van der Waals surface area contributed by atoms with Gasteiger partial charge < -0.3 is 10.1 Å². The molecule has 0 aromatic carbocycles. The smallest absolute Gasteiger partial charge is 0.159 e. The second-order valence-corrected chi connectivity index (χ2v) is 5.50. The number of ether oxygens (including phenoxy) is 1. The van der Waals surface area contributed by atoms with Gasteiger partial charge in [-0.25, -0.2) is 9.97 Å². The summed E-state index contributed by atoms with van der Waals surface area (Å²) < 4.78 is 6.91. The third kappa shape index (κ3) is 4.56. The molecule has 0 aliphatic carbocycles. The fraction of sp³-hybridized carbons (Fsp3) is 0.714. The van der Waals surface area contributed by atoms with Crippen molar-refractivity contribution in [2.75, 3.05) is 19.0 Å². The van der Waals surface area contributed by atoms with Crippen molar-refractivity contribution in [2.45, 2.75) is 52.6 Å². The van der Waals surface area contributed by atoms with Gasteiger partial charge in [-0.2, -0.15) is 0 Å². The zero-order chi connectivity index (χ0) is 14.3. The Hall–Kier alpha value is -0.430. The Bertz CT molecular complexity index is 393. The van der Waals surface area contributed by atoms with E-state index in [1.807, 2.05) is 14.0 Å². The van der Waals surface area contributed by atoms with Crippen molar-refractivity contribution in [1.29, 1.82) is 0 Å². The molecular weight excluding hydrogens is 353 g/mol. The van der Waals surface area contributed by atoms with Gasteiger partial charge in [0, 0.05) is 13.7 Å². The first-order valence-corrected chi connectivity index (χ1v) is 8.11. The molecule has 1 unspecified atom stereocenters. The van der Waals surface area contributed by atoms with E-state index in [1.54, 1.807) is 0 Å². The Kier molecular flexibility index (Phi) is 7.60. The van der Waals surface area contributed by atoms with E-state index in [0.717, 1.165) is 46.6 Å². The van der Waals surface area contributed by atoms with Crippen LogP contribution in [0.1, 0.15) is 57.7 Å². The molecule has 108 valence electrons. The Morgan fingerprint density at radius 2 is 1.95 bits per heavy atom. The first-order valence-electron chi connectivity index (χ1n) is 7.03. The van der Waals surface area contributed by atoms with Crippen molar-refractivity contribution in [3.63, 3.8) is 0 Å². The predicted octanol–water partition coefficient (Wildman–Crippen LogP) is 3.95. The van der Waals surface area contributed by atoms with Crippen LogP contribution in [0, 0.1) is 3.57 Å². The monoisotopic (exact) mass is 377 g/mol. The highest BCUT2D eigenvalue weighted by atomic mass is 127. The van der Waals surface area contributed by atoms with Gasteiger partial charge in [0.1, 0.15) is 11.9 Å². The SMILES string of the molecule is CCCc1nc(C(CCC)OCC)nc(NC)c1I. The summed E-state index contributed by atoms with van der Waals surface area (Å²) >= 11 is 2.32. The third-order valence-corrected chi connectivity index (χ3v) is 4.00. The van der Waals surface area contributed by atoms with Crippen molar-refractivity contribution in [1.82, 2.24) is 9.97 Å². The molecule has 19 heavy (non-hydrogen) atoms. The van der Waals surface area contributed by atoms with Crippen LogP contribution in [0.2, 0.25) is 0 Å². The van der Waals surface area contributed by atoms with E-state index < -0.39 is 0 Å². The van der Waals surface area contributed by atoms with Gasteiger partial charge in [0.2, 0.25) is 0 Å². The average molecular weight is 377 g/mol. The molecule has 1 aromatic rings. The molecule has 0 aliphatic rings. The first-order chi connectivity index (χ1) is 9.17. The van der Waals surface area contributed by atoms with Crippen LogP contribution in [0.4, 0.5) is 5.82 Å². The number of hydrogen-bond acceptors (Lipinski definition) is 4. The summed E-state index contributed by atoms with van der Waals surface area (Å²) in [5.74, 6) is 1.73. The van der Waals surface area contributed by atoms with Gasteiger partial charge >= 0.3 is 0 Å². The summed E-state index contributed by atoms with van der Waals surface area (Å²) in [5.41, 5.74) is 1.12. The summed E-state index contributed by atoms with van der Waals surface area (Å²) in [4.78, 5) is 9.34. The normalized spacial score (nSPS) is 12.5. The Balaban J connectivity index is 3.13. The minimum Gasteiger partial charge on any atom is -0.372 e. The van der Waals surface area contributed by atoms with Crippen LogP contribution in [0.25, 0.3) is 0 Å². The number of nitrogens with one attached hydrogen (secondary N) is 1. The number of aromatic nitrogens is 2. The molecule has 0 bridgehead atoms. The van der Waals surface area contributed by atoms with E-state index in [0.29, 0.717) is 6.61 Å². The lowest BCUT2D eigenvalue weighted by Gasteiger charge is -2.18. The van der Waals surface area contributed by atoms with E-state index in [4.69, 9.17) is 9.72 Å². The molecule has 0 fully saturated rings. The summed E-state index contributed by atoms with van der Waals surface area (Å²) in [5, 5.41) is 3.16. The number of nitrogens with zero attached hydrogens (tertiary/aromatic N) is 2. The minimum absolute atomic E-state index is 0.00899.